The smallest absolute Gasteiger partial charge is 0.351 e. The van der Waals surface area contributed by atoms with Crippen molar-refractivity contribution in [1.82, 2.24) is 14.7 Å². The number of rotatable bonds is 2. The number of carbonyl (C=O) groups is 1. The van der Waals surface area contributed by atoms with Gasteiger partial charge in [0.15, 0.2) is 0 Å². The Labute approximate surface area is 114 Å². The van der Waals surface area contributed by atoms with Crippen molar-refractivity contribution in [2.24, 2.45) is 19.5 Å². The van der Waals surface area contributed by atoms with E-state index >= 15 is 0 Å². The predicted molar refractivity (Wildman–Crippen MR) is 67.0 cm³/mol. The van der Waals surface area contributed by atoms with Crippen LogP contribution < -0.4 is 10.9 Å². The zero-order valence-corrected chi connectivity index (χ0v) is 12.1. The van der Waals surface area contributed by atoms with Crippen LogP contribution in [0.4, 0.5) is 13.2 Å². The molecule has 0 spiro atoms. The van der Waals surface area contributed by atoms with Gasteiger partial charge in [0.2, 0.25) is 5.91 Å². The van der Waals surface area contributed by atoms with E-state index in [1.54, 1.807) is 20.8 Å². The van der Waals surface area contributed by atoms with E-state index in [0.717, 1.165) is 16.4 Å². The van der Waals surface area contributed by atoms with Gasteiger partial charge in [-0.25, -0.2) is 0 Å². The Morgan fingerprint density at radius 1 is 1.15 bits per heavy atom. The van der Waals surface area contributed by atoms with Crippen LogP contribution in [0.2, 0.25) is 0 Å². The van der Waals surface area contributed by atoms with Gasteiger partial charge >= 0.3 is 6.18 Å². The summed E-state index contributed by atoms with van der Waals surface area (Å²) in [6.07, 6.45) is -4.66. The maximum absolute atomic E-state index is 13.0. The van der Waals surface area contributed by atoms with Gasteiger partial charge in [-0.15, -0.1) is 0 Å². The number of nitrogens with one attached hydrogen (secondary N) is 1. The van der Waals surface area contributed by atoms with Crippen LogP contribution in [0.15, 0.2) is 4.79 Å². The molecule has 0 unspecified atom stereocenters. The Balaban J connectivity index is 3.17. The number of amides is 1. The molecule has 0 aliphatic rings. The lowest BCUT2D eigenvalue weighted by atomic mass is 9.95. The van der Waals surface area contributed by atoms with E-state index in [1.165, 1.54) is 7.05 Å². The minimum atomic E-state index is -4.66. The second-order valence-electron chi connectivity index (χ2n) is 5.61. The quantitative estimate of drug-likeness (QED) is 0.896. The van der Waals surface area contributed by atoms with Crippen molar-refractivity contribution < 1.29 is 18.0 Å². The van der Waals surface area contributed by atoms with Gasteiger partial charge in [-0.05, 0) is 0 Å². The molecule has 0 aliphatic heterocycles. The van der Waals surface area contributed by atoms with Gasteiger partial charge in [-0.2, -0.15) is 13.2 Å². The lowest BCUT2D eigenvalue weighted by molar-refractivity contribution is -0.145. The van der Waals surface area contributed by atoms with Gasteiger partial charge in [-0.3, -0.25) is 19.0 Å². The molecule has 5 nitrogen and oxygen atoms in total. The molecule has 0 saturated heterocycles. The predicted octanol–water partition coefficient (Wildman–Crippen LogP) is 1.40. The molecule has 1 N–H and O–H groups in total. The number of hydrogen-bond acceptors (Lipinski definition) is 2. The number of hydrogen-bond donors (Lipinski definition) is 1. The highest BCUT2D eigenvalue weighted by Crippen LogP contribution is 2.30. The average molecular weight is 293 g/mol. The van der Waals surface area contributed by atoms with E-state index in [2.05, 4.69) is 5.32 Å². The molecule has 1 amide bonds. The van der Waals surface area contributed by atoms with E-state index in [0.29, 0.717) is 0 Å². The minimum absolute atomic E-state index is 0.420. The summed E-state index contributed by atoms with van der Waals surface area (Å²) < 4.78 is 40.5. The number of nitrogens with zero attached hydrogens (tertiary/aromatic N) is 2. The summed E-state index contributed by atoms with van der Waals surface area (Å²) in [5.74, 6) is -0.420. The number of alkyl halides is 3. The van der Waals surface area contributed by atoms with E-state index in [1.807, 2.05) is 0 Å². The average Bonchev–Trinajstić information content (AvgIpc) is 2.48. The molecule has 8 heteroatoms. The minimum Gasteiger partial charge on any atom is -0.351 e. The Bertz CT molecular complexity index is 576. The van der Waals surface area contributed by atoms with Gasteiger partial charge in [0.05, 0.1) is 12.1 Å². The fourth-order valence-electron chi connectivity index (χ4n) is 1.73. The molecular formula is C12H18F3N3O2. The Hall–Kier alpha value is -1.73. The topological polar surface area (TPSA) is 56.0 Å². The third kappa shape index (κ3) is 3.05. The van der Waals surface area contributed by atoms with Crippen LogP contribution >= 0.6 is 0 Å². The zero-order chi connectivity index (χ0) is 15.9. The SMILES string of the molecule is Cn1c(C(F)(F)F)c(CNC(=O)C(C)(C)C)c(=O)n1C. The van der Waals surface area contributed by atoms with Crippen molar-refractivity contribution in [1.29, 1.82) is 0 Å². The highest BCUT2D eigenvalue weighted by atomic mass is 19.4. The summed E-state index contributed by atoms with van der Waals surface area (Å²) in [6.45, 7) is 4.46. The second-order valence-corrected chi connectivity index (χ2v) is 5.61. The third-order valence-corrected chi connectivity index (χ3v) is 2.99. The summed E-state index contributed by atoms with van der Waals surface area (Å²) in [6, 6.07) is 0. The Kier molecular flexibility index (Phi) is 4.07. The second kappa shape index (κ2) is 4.99. The van der Waals surface area contributed by atoms with Crippen molar-refractivity contribution >= 4 is 5.91 Å². The van der Waals surface area contributed by atoms with Gasteiger partial charge in [0.25, 0.3) is 5.56 Å². The fourth-order valence-corrected chi connectivity index (χ4v) is 1.73. The summed E-state index contributed by atoms with van der Waals surface area (Å²) >= 11 is 0. The molecule has 0 fully saturated rings. The number of halogens is 3. The monoisotopic (exact) mass is 293 g/mol. The first-order chi connectivity index (χ1) is 8.87. The molecule has 1 rings (SSSR count). The van der Waals surface area contributed by atoms with E-state index in [4.69, 9.17) is 0 Å². The molecule has 1 heterocycles. The maximum Gasteiger partial charge on any atom is 0.433 e. The lowest BCUT2D eigenvalue weighted by Crippen LogP contribution is -2.36. The molecule has 0 atom stereocenters. The Morgan fingerprint density at radius 3 is 2.05 bits per heavy atom. The normalized spacial score (nSPS) is 12.6. The Morgan fingerprint density at radius 2 is 1.65 bits per heavy atom. The molecule has 1 aromatic heterocycles. The van der Waals surface area contributed by atoms with Crippen LogP contribution in [0.1, 0.15) is 32.0 Å². The van der Waals surface area contributed by atoms with Crippen LogP contribution in [0.25, 0.3) is 0 Å². The van der Waals surface area contributed by atoms with E-state index in [9.17, 15) is 22.8 Å². The third-order valence-electron chi connectivity index (χ3n) is 2.99. The summed E-state index contributed by atoms with van der Waals surface area (Å²) in [7, 11) is 2.39. The molecule has 0 aromatic carbocycles. The van der Waals surface area contributed by atoms with Gasteiger partial charge in [-0.1, -0.05) is 20.8 Å². The summed E-state index contributed by atoms with van der Waals surface area (Å²) in [4.78, 5) is 23.5. The van der Waals surface area contributed by atoms with Gasteiger partial charge in [0, 0.05) is 19.5 Å². The number of carbonyl (C=O) groups excluding carboxylic acids is 1. The highest BCUT2D eigenvalue weighted by Gasteiger charge is 2.39. The fraction of sp³-hybridized carbons (Fsp3) is 0.667. The first kappa shape index (κ1) is 16.3. The molecule has 114 valence electrons. The van der Waals surface area contributed by atoms with Gasteiger partial charge < -0.3 is 5.32 Å². The van der Waals surface area contributed by atoms with Crippen molar-refractivity contribution in [3.63, 3.8) is 0 Å². The van der Waals surface area contributed by atoms with Crippen LogP contribution in [0, 0.1) is 5.41 Å². The van der Waals surface area contributed by atoms with Crippen LogP contribution in [-0.2, 0) is 31.6 Å². The molecular weight excluding hydrogens is 275 g/mol. The summed E-state index contributed by atoms with van der Waals surface area (Å²) in [5, 5.41) is 2.37. The van der Waals surface area contributed by atoms with Crippen LogP contribution in [0.3, 0.4) is 0 Å². The van der Waals surface area contributed by atoms with E-state index < -0.39 is 40.9 Å². The standard InChI is InChI=1S/C12H18F3N3O2/c1-11(2,3)10(20)16-6-7-8(12(13,14)15)17(4)18(5)9(7)19/h6H2,1-5H3,(H,16,20). The molecule has 0 radical (unpaired) electrons. The molecule has 1 aromatic rings. The van der Waals surface area contributed by atoms with Gasteiger partial charge in [0.1, 0.15) is 5.69 Å². The molecule has 0 aliphatic carbocycles. The molecule has 0 saturated carbocycles. The van der Waals surface area contributed by atoms with Crippen molar-refractivity contribution in [2.75, 3.05) is 0 Å². The van der Waals surface area contributed by atoms with Crippen molar-refractivity contribution in [3.05, 3.63) is 21.6 Å². The first-order valence-corrected chi connectivity index (χ1v) is 5.97. The molecule has 20 heavy (non-hydrogen) atoms. The summed E-state index contributed by atoms with van der Waals surface area (Å²) in [5.41, 5.74) is -3.01. The van der Waals surface area contributed by atoms with Crippen molar-refractivity contribution in [3.8, 4) is 0 Å². The number of aromatic nitrogens is 2. The van der Waals surface area contributed by atoms with Crippen molar-refractivity contribution in [2.45, 2.75) is 33.5 Å². The molecule has 0 bridgehead atoms. The highest BCUT2D eigenvalue weighted by molar-refractivity contribution is 5.81. The largest absolute Gasteiger partial charge is 0.433 e. The maximum atomic E-state index is 13.0. The van der Waals surface area contributed by atoms with Crippen LogP contribution in [0.5, 0.6) is 0 Å². The lowest BCUT2D eigenvalue weighted by Gasteiger charge is -2.17. The van der Waals surface area contributed by atoms with Crippen LogP contribution in [-0.4, -0.2) is 15.3 Å². The zero-order valence-electron chi connectivity index (χ0n) is 12.1. The first-order valence-electron chi connectivity index (χ1n) is 5.97. The van der Waals surface area contributed by atoms with E-state index in [-0.39, 0.29) is 0 Å².